The highest BCUT2D eigenvalue weighted by molar-refractivity contribution is 7.11. The lowest BCUT2D eigenvalue weighted by molar-refractivity contribution is -0.125. The molecule has 9 heteroatoms. The van der Waals surface area contributed by atoms with Crippen LogP contribution in [0.4, 0.5) is 11.4 Å². The minimum Gasteiger partial charge on any atom is -0.482 e. The number of rotatable bonds is 4. The Labute approximate surface area is 200 Å². The molecule has 0 saturated heterocycles. The highest BCUT2D eigenvalue weighted by Crippen LogP contribution is 2.39. The lowest BCUT2D eigenvalue weighted by Gasteiger charge is -2.33. The van der Waals surface area contributed by atoms with Gasteiger partial charge in [0.05, 0.1) is 28.6 Å². The molecule has 8 nitrogen and oxygen atoms in total. The average Bonchev–Trinajstić information content (AvgIpc) is 3.16. The van der Waals surface area contributed by atoms with Crippen LogP contribution in [0.2, 0.25) is 0 Å². The van der Waals surface area contributed by atoms with Crippen molar-refractivity contribution in [3.63, 3.8) is 0 Å². The zero-order valence-corrected chi connectivity index (χ0v) is 20.1. The van der Waals surface area contributed by atoms with E-state index in [9.17, 15) is 14.4 Å². The van der Waals surface area contributed by atoms with E-state index in [0.29, 0.717) is 28.4 Å². The van der Waals surface area contributed by atoms with Crippen molar-refractivity contribution in [2.45, 2.75) is 26.9 Å². The van der Waals surface area contributed by atoms with Crippen molar-refractivity contribution in [3.8, 4) is 22.8 Å². The van der Waals surface area contributed by atoms with Gasteiger partial charge in [0.1, 0.15) is 11.5 Å². The van der Waals surface area contributed by atoms with Crippen LogP contribution in [0.3, 0.4) is 0 Å². The number of likely N-dealkylation sites (N-methyl/N-ethyl adjacent to an activating group) is 1. The maximum atomic E-state index is 13.3. The van der Waals surface area contributed by atoms with E-state index in [0.717, 1.165) is 21.1 Å². The summed E-state index contributed by atoms with van der Waals surface area (Å²) in [6, 6.07) is 10.5. The molecule has 0 aliphatic carbocycles. The fourth-order valence-corrected chi connectivity index (χ4v) is 5.03. The molecule has 2 aliphatic rings. The summed E-state index contributed by atoms with van der Waals surface area (Å²) in [5.74, 6) is 0.339. The van der Waals surface area contributed by atoms with Gasteiger partial charge >= 0.3 is 0 Å². The van der Waals surface area contributed by atoms with E-state index in [4.69, 9.17) is 9.47 Å². The fraction of sp³-hybridized carbons (Fsp3) is 0.280. The van der Waals surface area contributed by atoms with Gasteiger partial charge < -0.3 is 14.4 Å². The quantitative estimate of drug-likeness (QED) is 0.532. The van der Waals surface area contributed by atoms with Crippen molar-refractivity contribution >= 4 is 40.3 Å². The predicted octanol–water partition coefficient (Wildman–Crippen LogP) is 3.78. The Balaban J connectivity index is 1.49. The van der Waals surface area contributed by atoms with Crippen LogP contribution >= 0.6 is 11.3 Å². The van der Waals surface area contributed by atoms with Gasteiger partial charge in [-0.25, -0.2) is 4.98 Å². The zero-order chi connectivity index (χ0) is 24.1. The van der Waals surface area contributed by atoms with Crippen LogP contribution < -0.4 is 19.3 Å². The predicted molar refractivity (Wildman–Crippen MR) is 129 cm³/mol. The third kappa shape index (κ3) is 3.71. The van der Waals surface area contributed by atoms with Crippen molar-refractivity contribution < 1.29 is 23.9 Å². The molecule has 0 radical (unpaired) electrons. The first-order valence-corrected chi connectivity index (χ1v) is 11.7. The largest absolute Gasteiger partial charge is 0.482 e. The number of carbonyl (C=O) groups excluding carboxylic acids is 3. The highest BCUT2D eigenvalue weighted by Gasteiger charge is 2.34. The number of fused-ring (bicyclic) bond motifs is 2. The second-order valence-electron chi connectivity index (χ2n) is 8.35. The molecule has 1 aromatic heterocycles. The standard InChI is InChI=1S/C25H23N3O5S/c1-13-25(31)28(11-20(29)16-5-7-21-18(9-16)27(4)23(30)12-32-21)19-10-17(6-8-22(19)33-13)24-14(2)34-15(3)26-24/h5-10,13H,11-12H2,1-4H3. The molecular weight excluding hydrogens is 454 g/mol. The summed E-state index contributed by atoms with van der Waals surface area (Å²) in [6.45, 7) is 5.43. The molecule has 0 N–H and O–H groups in total. The number of aromatic nitrogens is 1. The van der Waals surface area contributed by atoms with Crippen molar-refractivity contribution in [3.05, 3.63) is 51.8 Å². The summed E-state index contributed by atoms with van der Waals surface area (Å²) in [7, 11) is 1.64. The number of hydrogen-bond donors (Lipinski definition) is 0. The summed E-state index contributed by atoms with van der Waals surface area (Å²) < 4.78 is 11.3. The van der Waals surface area contributed by atoms with Gasteiger partial charge in [0, 0.05) is 23.1 Å². The lowest BCUT2D eigenvalue weighted by Crippen LogP contribution is -2.46. The second-order valence-corrected chi connectivity index (χ2v) is 9.76. The molecule has 0 fully saturated rings. The molecule has 5 rings (SSSR count). The summed E-state index contributed by atoms with van der Waals surface area (Å²) >= 11 is 1.61. The van der Waals surface area contributed by atoms with E-state index in [1.807, 2.05) is 32.0 Å². The Bertz CT molecular complexity index is 1350. The van der Waals surface area contributed by atoms with E-state index in [1.165, 1.54) is 9.80 Å². The molecule has 0 bridgehead atoms. The molecule has 0 spiro atoms. The van der Waals surface area contributed by atoms with Gasteiger partial charge in [0.25, 0.3) is 11.8 Å². The van der Waals surface area contributed by atoms with Crippen LogP contribution in [0, 0.1) is 13.8 Å². The van der Waals surface area contributed by atoms with E-state index < -0.39 is 6.10 Å². The van der Waals surface area contributed by atoms with E-state index >= 15 is 0 Å². The summed E-state index contributed by atoms with van der Waals surface area (Å²) in [5.41, 5.74) is 3.16. The van der Waals surface area contributed by atoms with Crippen LogP contribution in [0.5, 0.6) is 11.5 Å². The molecule has 3 heterocycles. The molecule has 0 saturated carbocycles. The number of thiazole rings is 1. The summed E-state index contributed by atoms with van der Waals surface area (Å²) in [4.78, 5) is 47.0. The monoisotopic (exact) mass is 477 g/mol. The number of carbonyl (C=O) groups is 3. The van der Waals surface area contributed by atoms with Crippen LogP contribution in [-0.2, 0) is 9.59 Å². The number of aryl methyl sites for hydroxylation is 2. The van der Waals surface area contributed by atoms with E-state index in [2.05, 4.69) is 4.98 Å². The first kappa shape index (κ1) is 22.1. The average molecular weight is 478 g/mol. The van der Waals surface area contributed by atoms with Crippen LogP contribution in [-0.4, -0.2) is 48.9 Å². The Morgan fingerprint density at radius 2 is 1.88 bits per heavy atom. The topological polar surface area (TPSA) is 89.0 Å². The van der Waals surface area contributed by atoms with E-state index in [1.54, 1.807) is 43.5 Å². The molecule has 1 atom stereocenters. The minimum atomic E-state index is -0.713. The molecule has 1 unspecified atom stereocenters. The molecule has 3 aromatic rings. The Kier molecular flexibility index (Phi) is 5.36. The smallest absolute Gasteiger partial charge is 0.268 e. The number of hydrogen-bond acceptors (Lipinski definition) is 7. The van der Waals surface area contributed by atoms with Gasteiger partial charge in [0.2, 0.25) is 0 Å². The molecule has 2 aliphatic heterocycles. The van der Waals surface area contributed by atoms with Gasteiger partial charge in [-0.15, -0.1) is 11.3 Å². The third-order valence-corrected chi connectivity index (χ3v) is 6.90. The number of nitrogens with zero attached hydrogens (tertiary/aromatic N) is 3. The Morgan fingerprint density at radius 1 is 1.12 bits per heavy atom. The number of benzene rings is 2. The Morgan fingerprint density at radius 3 is 2.62 bits per heavy atom. The van der Waals surface area contributed by atoms with E-state index in [-0.39, 0.29) is 30.7 Å². The van der Waals surface area contributed by atoms with Gasteiger partial charge in [-0.05, 0) is 57.2 Å². The highest BCUT2D eigenvalue weighted by atomic mass is 32.1. The second kappa shape index (κ2) is 8.25. The van der Waals surface area contributed by atoms with Crippen molar-refractivity contribution in [1.82, 2.24) is 4.98 Å². The Hall–Kier alpha value is -3.72. The molecule has 2 aromatic carbocycles. The first-order valence-electron chi connectivity index (χ1n) is 10.9. The molecular formula is C25H23N3O5S. The SMILES string of the molecule is Cc1nc(-c2ccc3c(c2)N(CC(=O)c2ccc4c(c2)N(C)C(=O)CO4)C(=O)C(C)O3)c(C)s1. The minimum absolute atomic E-state index is 0.0337. The zero-order valence-electron chi connectivity index (χ0n) is 19.2. The van der Waals surface area contributed by atoms with Gasteiger partial charge in [0.15, 0.2) is 18.5 Å². The lowest BCUT2D eigenvalue weighted by atomic mass is 10.0. The molecule has 174 valence electrons. The van der Waals surface area contributed by atoms with Crippen LogP contribution in [0.25, 0.3) is 11.3 Å². The molecule has 34 heavy (non-hydrogen) atoms. The summed E-state index contributed by atoms with van der Waals surface area (Å²) in [6.07, 6.45) is -0.713. The summed E-state index contributed by atoms with van der Waals surface area (Å²) in [5, 5.41) is 0.957. The van der Waals surface area contributed by atoms with Crippen LogP contribution in [0.1, 0.15) is 27.2 Å². The number of Topliss-reactive ketones (excluding diaryl/α,β-unsaturated/α-hetero) is 1. The van der Waals surface area contributed by atoms with Crippen molar-refractivity contribution in [2.75, 3.05) is 30.0 Å². The van der Waals surface area contributed by atoms with Crippen LogP contribution in [0.15, 0.2) is 36.4 Å². The maximum Gasteiger partial charge on any atom is 0.268 e. The van der Waals surface area contributed by atoms with Crippen molar-refractivity contribution in [2.24, 2.45) is 0 Å². The van der Waals surface area contributed by atoms with Gasteiger partial charge in [-0.1, -0.05) is 0 Å². The number of anilines is 2. The number of ether oxygens (including phenoxy) is 2. The first-order chi connectivity index (χ1) is 16.2. The number of amides is 2. The fourth-order valence-electron chi connectivity index (χ4n) is 4.19. The van der Waals surface area contributed by atoms with Gasteiger partial charge in [-0.3, -0.25) is 19.3 Å². The molecule has 2 amide bonds. The maximum absolute atomic E-state index is 13.3. The number of ketones is 1. The van der Waals surface area contributed by atoms with Gasteiger partial charge in [-0.2, -0.15) is 0 Å². The third-order valence-electron chi connectivity index (χ3n) is 6.01. The normalized spacial score (nSPS) is 17.1. The van der Waals surface area contributed by atoms with Crippen molar-refractivity contribution in [1.29, 1.82) is 0 Å².